The lowest BCUT2D eigenvalue weighted by Crippen LogP contribution is -2.14. The number of nitriles is 1. The summed E-state index contributed by atoms with van der Waals surface area (Å²) >= 11 is 0. The van der Waals surface area contributed by atoms with Crippen LogP contribution in [0.3, 0.4) is 0 Å². The molecule has 0 saturated carbocycles. The van der Waals surface area contributed by atoms with E-state index in [1.807, 2.05) is 113 Å². The van der Waals surface area contributed by atoms with Crippen molar-refractivity contribution in [2.24, 2.45) is 0 Å². The summed E-state index contributed by atoms with van der Waals surface area (Å²) in [5.74, 6) is -2.94. The Bertz CT molecular complexity index is 3420. The number of nitrogens with zero attached hydrogens (tertiary/aromatic N) is 4. The van der Waals surface area contributed by atoms with E-state index >= 15 is 17.6 Å². The molecule has 0 heterocycles. The zero-order valence-electron chi connectivity index (χ0n) is 36.3. The summed E-state index contributed by atoms with van der Waals surface area (Å²) < 4.78 is 65.1. The number of aryl methyl sites for hydroxylation is 4. The zero-order chi connectivity index (χ0) is 46.0. The third kappa shape index (κ3) is 7.01. The number of halogens is 4. The maximum atomic E-state index is 16.6. The predicted octanol–water partition coefficient (Wildman–Crippen LogP) is 17.1. The Morgan fingerprint density at radius 1 is 0.439 bits per heavy atom. The van der Waals surface area contributed by atoms with Crippen LogP contribution < -0.4 is 9.80 Å². The Morgan fingerprint density at radius 2 is 0.864 bits per heavy atom. The molecule has 0 fully saturated rings. The van der Waals surface area contributed by atoms with Crippen LogP contribution in [0, 0.1) is 68.9 Å². The lowest BCUT2D eigenvalue weighted by molar-refractivity contribution is 0.585. The molecule has 0 spiro atoms. The number of hydrogen-bond donors (Lipinski definition) is 0. The van der Waals surface area contributed by atoms with Crippen molar-refractivity contribution in [2.75, 3.05) is 9.80 Å². The van der Waals surface area contributed by atoms with Gasteiger partial charge in [0.1, 0.15) is 23.3 Å². The Morgan fingerprint density at radius 3 is 1.29 bits per heavy atom. The lowest BCUT2D eigenvalue weighted by atomic mass is 9.91. The van der Waals surface area contributed by atoms with E-state index in [-0.39, 0.29) is 22.5 Å². The molecule has 0 N–H and O–H groups in total. The van der Waals surface area contributed by atoms with E-state index in [9.17, 15) is 5.26 Å². The van der Waals surface area contributed by atoms with E-state index in [0.717, 1.165) is 66.7 Å². The summed E-state index contributed by atoms with van der Waals surface area (Å²) in [5, 5.41) is 14.7. The standard InChI is InChI=1S/C58H38F4N4/c1-33-6-8-35(3)45(26-33)47-28-55(51(61)30-49(47)59)65(41-18-10-37(32-63)11-19-41)53-24-14-38-13-23-44-54(25-15-39-12-22-43(53)57(38)58(39)44)66(42-20-16-40(64-5)17-21-42)56-29-48(50(60)31-52(56)62)46-27-34(2)7-9-36(46)4/h6-31H,1-4H3. The number of benzene rings is 10. The number of rotatable bonds is 8. The number of anilines is 6. The van der Waals surface area contributed by atoms with Gasteiger partial charge in [-0.15, -0.1) is 0 Å². The van der Waals surface area contributed by atoms with Gasteiger partial charge in [0.05, 0.1) is 41.0 Å². The van der Waals surface area contributed by atoms with Gasteiger partial charge in [-0.1, -0.05) is 96.1 Å². The van der Waals surface area contributed by atoms with Crippen LogP contribution in [-0.2, 0) is 0 Å². The van der Waals surface area contributed by atoms with Gasteiger partial charge >= 0.3 is 0 Å². The van der Waals surface area contributed by atoms with Crippen molar-refractivity contribution in [1.82, 2.24) is 0 Å². The fourth-order valence-electron chi connectivity index (χ4n) is 9.22. The molecule has 10 aromatic rings. The van der Waals surface area contributed by atoms with Gasteiger partial charge in [0, 0.05) is 45.4 Å². The second-order valence-corrected chi connectivity index (χ2v) is 16.8. The fraction of sp³-hybridized carbons (Fsp3) is 0.0690. The first-order valence-corrected chi connectivity index (χ1v) is 21.3. The second-order valence-electron chi connectivity index (χ2n) is 16.8. The van der Waals surface area contributed by atoms with Gasteiger partial charge in [0.2, 0.25) is 0 Å². The average Bonchev–Trinajstić information content (AvgIpc) is 3.32. The molecule has 0 atom stereocenters. The van der Waals surface area contributed by atoms with E-state index in [2.05, 4.69) is 10.9 Å². The van der Waals surface area contributed by atoms with Crippen molar-refractivity contribution in [3.63, 3.8) is 0 Å². The van der Waals surface area contributed by atoms with Crippen LogP contribution in [0.1, 0.15) is 27.8 Å². The van der Waals surface area contributed by atoms with Crippen molar-refractivity contribution in [2.45, 2.75) is 27.7 Å². The maximum absolute atomic E-state index is 16.6. The van der Waals surface area contributed by atoms with Crippen molar-refractivity contribution in [3.8, 4) is 28.3 Å². The van der Waals surface area contributed by atoms with Crippen molar-refractivity contribution >= 4 is 72.1 Å². The van der Waals surface area contributed by atoms with Gasteiger partial charge in [-0.25, -0.2) is 22.4 Å². The molecule has 0 aromatic heterocycles. The highest BCUT2D eigenvalue weighted by atomic mass is 19.1. The maximum Gasteiger partial charge on any atom is 0.187 e. The minimum absolute atomic E-state index is 0.105. The van der Waals surface area contributed by atoms with Gasteiger partial charge in [-0.05, 0) is 132 Å². The van der Waals surface area contributed by atoms with Gasteiger partial charge in [0.15, 0.2) is 5.69 Å². The second kappa shape index (κ2) is 16.3. The zero-order valence-corrected chi connectivity index (χ0v) is 36.3. The Kier molecular flexibility index (Phi) is 10.2. The Hall–Kier alpha value is -8.46. The highest BCUT2D eigenvalue weighted by Crippen LogP contribution is 2.49. The summed E-state index contributed by atoms with van der Waals surface area (Å²) in [7, 11) is 0. The molecule has 0 aliphatic rings. The van der Waals surface area contributed by atoms with Crippen LogP contribution in [0.25, 0.3) is 59.4 Å². The van der Waals surface area contributed by atoms with Crippen LogP contribution in [0.5, 0.6) is 0 Å². The van der Waals surface area contributed by atoms with Crippen molar-refractivity contribution in [3.05, 3.63) is 220 Å². The van der Waals surface area contributed by atoms with Crippen LogP contribution >= 0.6 is 0 Å². The summed E-state index contributed by atoms with van der Waals surface area (Å²) in [6, 6.07) is 48.0. The predicted molar refractivity (Wildman–Crippen MR) is 260 cm³/mol. The van der Waals surface area contributed by atoms with Crippen LogP contribution in [0.2, 0.25) is 0 Å². The molecule has 10 rings (SSSR count). The van der Waals surface area contributed by atoms with E-state index in [4.69, 9.17) is 6.57 Å². The summed E-state index contributed by atoms with van der Waals surface area (Å²) in [6.45, 7) is 15.3. The van der Waals surface area contributed by atoms with Gasteiger partial charge in [-0.3, -0.25) is 0 Å². The molecule has 66 heavy (non-hydrogen) atoms. The first-order valence-electron chi connectivity index (χ1n) is 21.3. The molecule has 4 nitrogen and oxygen atoms in total. The summed E-state index contributed by atoms with van der Waals surface area (Å²) in [5.41, 5.74) is 8.63. The van der Waals surface area contributed by atoms with E-state index in [1.165, 1.54) is 0 Å². The third-order valence-corrected chi connectivity index (χ3v) is 12.5. The van der Waals surface area contributed by atoms with Crippen molar-refractivity contribution in [1.29, 1.82) is 5.26 Å². The SMILES string of the molecule is [C-]#[N+]c1ccc(N(c2cc(-c3cc(C)ccc3C)c(F)cc2F)c2ccc3ccc4c(N(c5ccc(C#N)cc5)c5cc(-c6cc(C)ccc6C)c(F)cc5F)ccc5ccc2c3c54)cc1. The molecular weight excluding hydrogens is 829 g/mol. The van der Waals surface area contributed by atoms with Crippen LogP contribution in [0.15, 0.2) is 158 Å². The molecule has 0 unspecified atom stereocenters. The van der Waals surface area contributed by atoms with Gasteiger partial charge in [0.25, 0.3) is 0 Å². The molecule has 10 aromatic carbocycles. The first kappa shape index (κ1) is 41.5. The molecule has 318 valence electrons. The van der Waals surface area contributed by atoms with Crippen LogP contribution in [0.4, 0.5) is 57.4 Å². The average molecular weight is 867 g/mol. The monoisotopic (exact) mass is 866 g/mol. The van der Waals surface area contributed by atoms with Gasteiger partial charge in [-0.2, -0.15) is 5.26 Å². The fourth-order valence-corrected chi connectivity index (χ4v) is 9.22. The smallest absolute Gasteiger partial charge is 0.187 e. The number of hydrogen-bond acceptors (Lipinski definition) is 3. The molecule has 0 aliphatic carbocycles. The first-order chi connectivity index (χ1) is 31.9. The van der Waals surface area contributed by atoms with E-state index in [0.29, 0.717) is 45.1 Å². The van der Waals surface area contributed by atoms with Crippen LogP contribution in [-0.4, -0.2) is 0 Å². The third-order valence-electron chi connectivity index (χ3n) is 12.5. The topological polar surface area (TPSA) is 34.6 Å². The minimum atomic E-state index is -0.777. The molecule has 0 saturated heterocycles. The molecule has 0 radical (unpaired) electrons. The van der Waals surface area contributed by atoms with Crippen molar-refractivity contribution < 1.29 is 17.6 Å². The highest BCUT2D eigenvalue weighted by molar-refractivity contribution is 6.28. The summed E-state index contributed by atoms with van der Waals surface area (Å²) in [6.07, 6.45) is 0. The molecule has 0 amide bonds. The highest BCUT2D eigenvalue weighted by Gasteiger charge is 2.27. The van der Waals surface area contributed by atoms with Gasteiger partial charge < -0.3 is 9.80 Å². The molecule has 0 bridgehead atoms. The Labute approximate surface area is 379 Å². The largest absolute Gasteiger partial charge is 0.307 e. The quantitative estimate of drug-likeness (QED) is 0.0867. The lowest BCUT2D eigenvalue weighted by Gasteiger charge is -2.30. The van der Waals surface area contributed by atoms with E-state index < -0.39 is 23.3 Å². The van der Waals surface area contributed by atoms with E-state index in [1.54, 1.807) is 70.5 Å². The summed E-state index contributed by atoms with van der Waals surface area (Å²) in [4.78, 5) is 7.10. The normalized spacial score (nSPS) is 11.3. The molecule has 8 heteroatoms. The Balaban J connectivity index is 1.24. The molecule has 0 aliphatic heterocycles. The molecular formula is C58H38F4N4. The minimum Gasteiger partial charge on any atom is -0.307 e.